The van der Waals surface area contributed by atoms with Gasteiger partial charge in [-0.1, -0.05) is 0 Å². The number of carbonyl (C=O) groups excluding carboxylic acids is 1. The van der Waals surface area contributed by atoms with Crippen molar-refractivity contribution in [3.8, 4) is 11.5 Å². The van der Waals surface area contributed by atoms with Crippen molar-refractivity contribution in [1.29, 1.82) is 0 Å². The van der Waals surface area contributed by atoms with E-state index in [1.165, 1.54) is 52.3 Å². The average Bonchev–Trinajstić information content (AvgIpc) is 2.51. The van der Waals surface area contributed by atoms with Gasteiger partial charge in [-0.25, -0.2) is 8.78 Å². The van der Waals surface area contributed by atoms with E-state index in [-0.39, 0.29) is 22.3 Å². The Balaban J connectivity index is 2.62. The molecule has 116 valence electrons. The largest absolute Gasteiger partial charge is 0.497 e. The lowest BCUT2D eigenvalue weighted by Crippen LogP contribution is -2.10. The molecule has 0 N–H and O–H groups in total. The Morgan fingerprint density at radius 1 is 0.818 bits per heavy atom. The summed E-state index contributed by atoms with van der Waals surface area (Å²) >= 11 is 0. The third-order valence-electron chi connectivity index (χ3n) is 3.42. The zero-order valence-electron chi connectivity index (χ0n) is 12.8. The van der Waals surface area contributed by atoms with Crippen LogP contribution in [0.15, 0.2) is 24.3 Å². The minimum absolute atomic E-state index is 0.233. The molecule has 0 fully saturated rings. The van der Waals surface area contributed by atoms with Crippen LogP contribution in [-0.4, -0.2) is 20.0 Å². The van der Waals surface area contributed by atoms with E-state index in [4.69, 9.17) is 9.47 Å². The topological polar surface area (TPSA) is 35.5 Å². The molecule has 0 amide bonds. The number of hydrogen-bond donors (Lipinski definition) is 0. The van der Waals surface area contributed by atoms with Crippen molar-refractivity contribution < 1.29 is 23.0 Å². The zero-order chi connectivity index (χ0) is 16.4. The lowest BCUT2D eigenvalue weighted by Gasteiger charge is -2.11. The minimum Gasteiger partial charge on any atom is -0.497 e. The minimum atomic E-state index is -0.751. The molecule has 0 aliphatic carbocycles. The summed E-state index contributed by atoms with van der Waals surface area (Å²) in [5.74, 6) is -1.46. The van der Waals surface area contributed by atoms with Crippen molar-refractivity contribution in [2.75, 3.05) is 14.2 Å². The molecule has 3 nitrogen and oxygen atoms in total. The number of methoxy groups -OCH3 is 2. The van der Waals surface area contributed by atoms with Gasteiger partial charge in [0.05, 0.1) is 25.3 Å². The Morgan fingerprint density at radius 3 is 1.50 bits per heavy atom. The van der Waals surface area contributed by atoms with E-state index in [0.717, 1.165) is 0 Å². The van der Waals surface area contributed by atoms with E-state index in [1.807, 2.05) is 0 Å². The number of ketones is 1. The highest BCUT2D eigenvalue weighted by molar-refractivity contribution is 6.10. The number of carbonyl (C=O) groups is 1. The van der Waals surface area contributed by atoms with Crippen LogP contribution in [0.4, 0.5) is 8.78 Å². The van der Waals surface area contributed by atoms with E-state index in [0.29, 0.717) is 11.5 Å². The van der Waals surface area contributed by atoms with Crippen LogP contribution in [-0.2, 0) is 0 Å². The molecule has 2 rings (SSSR count). The van der Waals surface area contributed by atoms with E-state index >= 15 is 0 Å². The summed E-state index contributed by atoms with van der Waals surface area (Å²) in [7, 11) is 2.83. The first-order valence-corrected chi connectivity index (χ1v) is 6.62. The lowest BCUT2D eigenvalue weighted by molar-refractivity contribution is 0.103. The Morgan fingerprint density at radius 2 is 1.18 bits per heavy atom. The van der Waals surface area contributed by atoms with Gasteiger partial charge in [0, 0.05) is 0 Å². The van der Waals surface area contributed by atoms with Crippen LogP contribution in [0.3, 0.4) is 0 Å². The molecule has 0 aliphatic rings. The van der Waals surface area contributed by atoms with E-state index in [1.54, 1.807) is 0 Å². The van der Waals surface area contributed by atoms with Crippen LogP contribution >= 0.6 is 0 Å². The highest BCUT2D eigenvalue weighted by Gasteiger charge is 2.22. The van der Waals surface area contributed by atoms with Gasteiger partial charge in [0.25, 0.3) is 0 Å². The van der Waals surface area contributed by atoms with Gasteiger partial charge >= 0.3 is 0 Å². The van der Waals surface area contributed by atoms with Crippen molar-refractivity contribution in [1.82, 2.24) is 0 Å². The van der Waals surface area contributed by atoms with Gasteiger partial charge < -0.3 is 9.47 Å². The monoisotopic (exact) mass is 306 g/mol. The molecular formula is C17H16F2O3. The van der Waals surface area contributed by atoms with Crippen LogP contribution in [0.25, 0.3) is 0 Å². The van der Waals surface area contributed by atoms with Gasteiger partial charge in [0.15, 0.2) is 5.78 Å². The summed E-state index contributed by atoms with van der Waals surface area (Å²) in [6.45, 7) is 3.03. The van der Waals surface area contributed by atoms with E-state index in [9.17, 15) is 13.6 Å². The van der Waals surface area contributed by atoms with Crippen molar-refractivity contribution >= 4 is 5.78 Å². The van der Waals surface area contributed by atoms with Crippen molar-refractivity contribution in [3.63, 3.8) is 0 Å². The summed E-state index contributed by atoms with van der Waals surface area (Å²) in [5, 5.41) is 0. The third-order valence-corrected chi connectivity index (χ3v) is 3.42. The molecule has 0 atom stereocenters. The molecule has 2 aromatic rings. The molecule has 22 heavy (non-hydrogen) atoms. The van der Waals surface area contributed by atoms with Crippen LogP contribution in [0.5, 0.6) is 11.5 Å². The fourth-order valence-corrected chi connectivity index (χ4v) is 2.18. The number of aryl methyl sites for hydroxylation is 2. The summed E-state index contributed by atoms with van der Waals surface area (Å²) in [6, 6.07) is 5.47. The Labute approximate surface area is 127 Å². The smallest absolute Gasteiger partial charge is 0.199 e. The summed E-state index contributed by atoms with van der Waals surface area (Å²) in [4.78, 5) is 12.5. The van der Waals surface area contributed by atoms with Crippen molar-refractivity contribution in [2.24, 2.45) is 0 Å². The molecule has 0 radical (unpaired) electrons. The predicted octanol–water partition coefficient (Wildman–Crippen LogP) is 3.83. The fourth-order valence-electron chi connectivity index (χ4n) is 2.18. The van der Waals surface area contributed by atoms with E-state index < -0.39 is 17.4 Å². The number of hydrogen-bond acceptors (Lipinski definition) is 3. The Bertz CT molecular complexity index is 678. The second kappa shape index (κ2) is 6.13. The maximum absolute atomic E-state index is 14.2. The van der Waals surface area contributed by atoms with Crippen LogP contribution in [0.1, 0.15) is 27.0 Å². The molecule has 0 saturated carbocycles. The molecule has 5 heteroatoms. The molecule has 2 aromatic carbocycles. The molecule has 0 saturated heterocycles. The standard InChI is InChI=1S/C17H16F2O3/c1-9-5-11(21-3)7-13(15(9)18)17(20)14-8-12(22-4)6-10(2)16(14)19/h5-8H,1-4H3. The second-order valence-electron chi connectivity index (χ2n) is 4.94. The van der Waals surface area contributed by atoms with E-state index in [2.05, 4.69) is 0 Å². The van der Waals surface area contributed by atoms with Crippen LogP contribution in [0.2, 0.25) is 0 Å². The lowest BCUT2D eigenvalue weighted by atomic mass is 9.98. The maximum Gasteiger partial charge on any atom is 0.199 e. The van der Waals surface area contributed by atoms with Crippen molar-refractivity contribution in [2.45, 2.75) is 13.8 Å². The summed E-state index contributed by atoms with van der Waals surface area (Å²) in [5.41, 5.74) is 0.0391. The summed E-state index contributed by atoms with van der Waals surface area (Å²) in [6.07, 6.45) is 0. The van der Waals surface area contributed by atoms with Gasteiger partial charge in [-0.2, -0.15) is 0 Å². The molecule has 0 unspecified atom stereocenters. The number of rotatable bonds is 4. The fraction of sp³-hybridized carbons (Fsp3) is 0.235. The third kappa shape index (κ3) is 2.79. The molecule has 0 heterocycles. The first kappa shape index (κ1) is 15.9. The van der Waals surface area contributed by atoms with Gasteiger partial charge in [-0.15, -0.1) is 0 Å². The number of benzene rings is 2. The molecule has 0 bridgehead atoms. The van der Waals surface area contributed by atoms with Crippen LogP contribution in [0, 0.1) is 25.5 Å². The van der Waals surface area contributed by atoms with Crippen LogP contribution < -0.4 is 9.47 Å². The van der Waals surface area contributed by atoms with Crippen molar-refractivity contribution in [3.05, 3.63) is 58.2 Å². The zero-order valence-corrected chi connectivity index (χ0v) is 12.8. The molecule has 0 spiro atoms. The van der Waals surface area contributed by atoms with Gasteiger partial charge in [0.1, 0.15) is 23.1 Å². The first-order valence-electron chi connectivity index (χ1n) is 6.62. The first-order chi connectivity index (χ1) is 10.4. The van der Waals surface area contributed by atoms with Gasteiger partial charge in [-0.05, 0) is 49.2 Å². The average molecular weight is 306 g/mol. The predicted molar refractivity (Wildman–Crippen MR) is 78.8 cm³/mol. The second-order valence-corrected chi connectivity index (χ2v) is 4.94. The molecular weight excluding hydrogens is 290 g/mol. The quantitative estimate of drug-likeness (QED) is 0.805. The summed E-state index contributed by atoms with van der Waals surface area (Å²) < 4.78 is 38.6. The highest BCUT2D eigenvalue weighted by atomic mass is 19.1. The SMILES string of the molecule is COc1cc(C)c(F)c(C(=O)c2cc(OC)cc(C)c2F)c1. The molecule has 0 aromatic heterocycles. The van der Waals surface area contributed by atoms with Gasteiger partial charge in [-0.3, -0.25) is 4.79 Å². The Hall–Kier alpha value is -2.43. The van der Waals surface area contributed by atoms with Gasteiger partial charge in [0.2, 0.25) is 0 Å². The maximum atomic E-state index is 14.2. The number of ether oxygens (including phenoxy) is 2. The normalized spacial score (nSPS) is 10.5. The number of halogens is 2. The molecule has 0 aliphatic heterocycles. The Kier molecular flexibility index (Phi) is 4.45. The highest BCUT2D eigenvalue weighted by Crippen LogP contribution is 2.27.